The molecule has 7 heteroatoms. The van der Waals surface area contributed by atoms with Crippen molar-refractivity contribution in [2.75, 3.05) is 19.8 Å². The Balaban J connectivity index is 0.000000500. The van der Waals surface area contributed by atoms with Crippen LogP contribution in [0.4, 0.5) is 0 Å². The van der Waals surface area contributed by atoms with Crippen LogP contribution in [0.25, 0.3) is 0 Å². The number of nitrogens with zero attached hydrogens (tertiary/aromatic N) is 1. The molecule has 2 bridgehead atoms. The summed E-state index contributed by atoms with van der Waals surface area (Å²) in [5, 5.41) is 10.0. The number of likely N-dealkylation sites (tertiary alicyclic amines) is 1. The number of ketones is 1. The molecule has 6 nitrogen and oxygen atoms in total. The Morgan fingerprint density at radius 1 is 1.32 bits per heavy atom. The fourth-order valence-electron chi connectivity index (χ4n) is 5.00. The summed E-state index contributed by atoms with van der Waals surface area (Å²) in [6, 6.07) is 6.33. The minimum Gasteiger partial charge on any atom is -0.508 e. The number of hydrogen-bond donors (Lipinski definition) is 2. The van der Waals surface area contributed by atoms with Gasteiger partial charge in [0.2, 0.25) is 0 Å². The van der Waals surface area contributed by atoms with Crippen LogP contribution in [-0.4, -0.2) is 54.7 Å². The van der Waals surface area contributed by atoms with Crippen LogP contribution in [0.15, 0.2) is 18.2 Å². The number of rotatable bonds is 4. The van der Waals surface area contributed by atoms with Gasteiger partial charge in [0, 0.05) is 24.3 Å². The number of fused-ring (bicyclic) bond motifs is 4. The monoisotopic (exact) mass is 411 g/mol. The normalized spacial score (nSPS) is 29.4. The van der Waals surface area contributed by atoms with E-state index in [1.165, 1.54) is 11.1 Å². The molecule has 0 saturated carbocycles. The first-order valence-electron chi connectivity index (χ1n) is 9.78. The highest BCUT2D eigenvalue weighted by atomic mass is 32.2. The van der Waals surface area contributed by atoms with E-state index in [0.717, 1.165) is 25.8 Å². The summed E-state index contributed by atoms with van der Waals surface area (Å²) in [7, 11) is -1.45. The number of carbonyl (C=O) groups excluding carboxylic acids is 1. The number of Topliss-reactive ketones (excluding diaryl/α,β-unsaturated/α-hetero) is 1. The van der Waals surface area contributed by atoms with E-state index in [2.05, 4.69) is 31.9 Å². The van der Waals surface area contributed by atoms with Crippen LogP contribution in [-0.2, 0) is 26.7 Å². The Morgan fingerprint density at radius 3 is 2.50 bits per heavy atom. The van der Waals surface area contributed by atoms with Gasteiger partial charge in [0.15, 0.2) is 0 Å². The van der Waals surface area contributed by atoms with Crippen LogP contribution in [0.2, 0.25) is 0 Å². The molecular formula is C21H33NO5S. The molecule has 158 valence electrons. The van der Waals surface area contributed by atoms with Crippen molar-refractivity contribution in [3.8, 4) is 5.75 Å². The third-order valence-corrected chi connectivity index (χ3v) is 6.91. The summed E-state index contributed by atoms with van der Waals surface area (Å²) < 4.78 is 25.9. The van der Waals surface area contributed by atoms with Crippen LogP contribution in [0.3, 0.4) is 0 Å². The summed E-state index contributed by atoms with van der Waals surface area (Å²) in [6.07, 6.45) is 5.03. The molecule has 1 aliphatic heterocycles. The summed E-state index contributed by atoms with van der Waals surface area (Å²) in [4.78, 5) is 14.4. The highest BCUT2D eigenvalue weighted by Crippen LogP contribution is 2.58. The van der Waals surface area contributed by atoms with E-state index < -0.39 is 10.1 Å². The lowest BCUT2D eigenvalue weighted by atomic mass is 9.49. The molecular weight excluding hydrogens is 378 g/mol. The van der Waals surface area contributed by atoms with Crippen LogP contribution in [0.1, 0.15) is 57.6 Å². The van der Waals surface area contributed by atoms with Crippen molar-refractivity contribution >= 4 is 15.9 Å². The number of piperidine rings is 1. The molecule has 3 rings (SSSR count). The van der Waals surface area contributed by atoms with Crippen LogP contribution in [0.5, 0.6) is 5.75 Å². The molecule has 1 aromatic rings. The van der Waals surface area contributed by atoms with Crippen molar-refractivity contribution in [3.05, 3.63) is 29.3 Å². The van der Waals surface area contributed by atoms with Gasteiger partial charge in [-0.25, -0.2) is 0 Å². The summed E-state index contributed by atoms with van der Waals surface area (Å²) >= 11 is 0. The van der Waals surface area contributed by atoms with Gasteiger partial charge in [-0.15, -0.1) is 0 Å². The molecule has 0 spiro atoms. The van der Waals surface area contributed by atoms with Crippen molar-refractivity contribution in [2.24, 2.45) is 5.41 Å². The minimum absolute atomic E-state index is 0.0184. The largest absolute Gasteiger partial charge is 0.508 e. The average Bonchev–Trinajstić information content (AvgIpc) is 2.59. The third-order valence-electron chi connectivity index (χ3n) is 6.91. The molecule has 0 amide bonds. The van der Waals surface area contributed by atoms with Gasteiger partial charge in [0.1, 0.15) is 11.5 Å². The van der Waals surface area contributed by atoms with Crippen molar-refractivity contribution in [1.29, 1.82) is 0 Å². The molecule has 1 fully saturated rings. The lowest BCUT2D eigenvalue weighted by molar-refractivity contribution is -0.120. The van der Waals surface area contributed by atoms with Crippen LogP contribution in [0, 0.1) is 5.41 Å². The minimum atomic E-state index is -3.67. The predicted octanol–water partition coefficient (Wildman–Crippen LogP) is 3.18. The zero-order valence-corrected chi connectivity index (χ0v) is 18.3. The van der Waals surface area contributed by atoms with E-state index in [0.29, 0.717) is 36.7 Å². The summed E-state index contributed by atoms with van der Waals surface area (Å²) in [5.74, 6) is 0.714. The highest BCUT2D eigenvalue weighted by Gasteiger charge is 2.57. The first-order chi connectivity index (χ1) is 12.8. The maximum Gasteiger partial charge on any atom is 0.261 e. The van der Waals surface area contributed by atoms with E-state index in [1.807, 2.05) is 13.0 Å². The average molecular weight is 412 g/mol. The Hall–Kier alpha value is -1.44. The van der Waals surface area contributed by atoms with Crippen LogP contribution < -0.4 is 0 Å². The fraction of sp³-hybridized carbons (Fsp3) is 0.667. The number of aromatic hydroxyl groups is 1. The SMILES string of the molecule is CCC(=O)CCC1(C)C2Cc3ccc(O)cc3C1(C)CCN2C.CS(=O)(=O)O. The van der Waals surface area contributed by atoms with Crippen molar-refractivity contribution in [2.45, 2.75) is 64.3 Å². The van der Waals surface area contributed by atoms with Gasteiger partial charge in [0.05, 0.1) is 6.26 Å². The number of phenolic OH excluding ortho intramolecular Hbond substituents is 1. The molecule has 1 aromatic carbocycles. The number of likely N-dealkylation sites (N-methyl/N-ethyl adjacent to an activating group) is 1. The van der Waals surface area contributed by atoms with Crippen molar-refractivity contribution < 1.29 is 22.9 Å². The smallest absolute Gasteiger partial charge is 0.261 e. The Kier molecular flexibility index (Phi) is 6.63. The number of phenols is 1. The second-order valence-electron chi connectivity index (χ2n) is 8.67. The maximum absolute atomic E-state index is 11.9. The standard InChI is InChI=1S/C20H29NO2.CH4O3S/c1-5-15(22)8-9-20(3)18-12-14-6-7-16(23)13-17(14)19(20,2)10-11-21(18)4;1-5(2,3)4/h6-7,13,18,23H,5,8-12H2,1-4H3;1H3,(H,2,3,4). The van der Waals surface area contributed by atoms with Crippen LogP contribution >= 0.6 is 0 Å². The van der Waals surface area contributed by atoms with Gasteiger partial charge in [-0.05, 0) is 61.5 Å². The molecule has 28 heavy (non-hydrogen) atoms. The molecule has 0 radical (unpaired) electrons. The molecule has 3 atom stereocenters. The summed E-state index contributed by atoms with van der Waals surface area (Å²) in [6.45, 7) is 7.74. The lowest BCUT2D eigenvalue weighted by Gasteiger charge is -2.62. The number of carbonyl (C=O) groups is 1. The summed E-state index contributed by atoms with van der Waals surface area (Å²) in [5.41, 5.74) is 2.74. The molecule has 1 saturated heterocycles. The zero-order chi connectivity index (χ0) is 21.3. The molecule has 0 aromatic heterocycles. The molecule has 1 heterocycles. The third kappa shape index (κ3) is 4.58. The molecule has 1 aliphatic carbocycles. The van der Waals surface area contributed by atoms with E-state index in [4.69, 9.17) is 4.55 Å². The molecule has 3 unspecified atom stereocenters. The van der Waals surface area contributed by atoms with Gasteiger partial charge >= 0.3 is 0 Å². The van der Waals surface area contributed by atoms with Gasteiger partial charge in [-0.3, -0.25) is 9.35 Å². The van der Waals surface area contributed by atoms with E-state index >= 15 is 0 Å². The Labute approximate surface area is 168 Å². The lowest BCUT2D eigenvalue weighted by Crippen LogP contribution is -2.64. The maximum atomic E-state index is 11.9. The predicted molar refractivity (Wildman–Crippen MR) is 110 cm³/mol. The van der Waals surface area contributed by atoms with Gasteiger partial charge < -0.3 is 10.0 Å². The topological polar surface area (TPSA) is 94.9 Å². The van der Waals surface area contributed by atoms with Gasteiger partial charge in [-0.1, -0.05) is 26.8 Å². The number of benzene rings is 1. The second-order valence-corrected chi connectivity index (χ2v) is 10.1. The first-order valence-corrected chi connectivity index (χ1v) is 11.6. The Bertz CT molecular complexity index is 829. The molecule has 2 aliphatic rings. The van der Waals surface area contributed by atoms with E-state index in [-0.39, 0.29) is 10.8 Å². The molecule has 2 N–H and O–H groups in total. The number of hydrogen-bond acceptors (Lipinski definition) is 5. The van der Waals surface area contributed by atoms with Gasteiger partial charge in [0.25, 0.3) is 10.1 Å². The zero-order valence-electron chi connectivity index (χ0n) is 17.5. The first kappa shape index (κ1) is 22.8. The highest BCUT2D eigenvalue weighted by molar-refractivity contribution is 7.85. The fourth-order valence-corrected chi connectivity index (χ4v) is 5.00. The second kappa shape index (κ2) is 8.13. The van der Waals surface area contributed by atoms with Crippen molar-refractivity contribution in [3.63, 3.8) is 0 Å². The quantitative estimate of drug-likeness (QED) is 0.739. The Morgan fingerprint density at radius 2 is 1.93 bits per heavy atom. The van der Waals surface area contributed by atoms with E-state index in [9.17, 15) is 18.3 Å². The van der Waals surface area contributed by atoms with Gasteiger partial charge in [-0.2, -0.15) is 8.42 Å². The van der Waals surface area contributed by atoms with E-state index in [1.54, 1.807) is 6.07 Å². The van der Waals surface area contributed by atoms with Crippen molar-refractivity contribution in [1.82, 2.24) is 4.90 Å².